The molecule has 1 aliphatic heterocycles. The number of hydrogen-bond donors (Lipinski definition) is 0. The van der Waals surface area contributed by atoms with E-state index in [1.165, 1.54) is 30.3 Å². The maximum atomic E-state index is 13.9. The smallest absolute Gasteiger partial charge is 0.326 e. The van der Waals surface area contributed by atoms with Crippen molar-refractivity contribution in [3.63, 3.8) is 0 Å². The average molecular weight is 395 g/mol. The van der Waals surface area contributed by atoms with Gasteiger partial charge in [0.15, 0.2) is 0 Å². The number of fused-ring (bicyclic) bond motifs is 1. The second-order valence-electron chi connectivity index (χ2n) is 6.02. The van der Waals surface area contributed by atoms with Crippen LogP contribution in [0.4, 0.5) is 15.8 Å². The molecule has 0 bridgehead atoms. The lowest BCUT2D eigenvalue weighted by Crippen LogP contribution is -2.33. The predicted molar refractivity (Wildman–Crippen MR) is 101 cm³/mol. The minimum absolute atomic E-state index is 0.0805. The number of carbonyl (C=O) groups is 2. The van der Waals surface area contributed by atoms with E-state index in [-0.39, 0.29) is 40.3 Å². The van der Waals surface area contributed by atoms with Gasteiger partial charge in [0.25, 0.3) is 11.6 Å². The zero-order valence-electron chi connectivity index (χ0n) is 15.2. The van der Waals surface area contributed by atoms with Gasteiger partial charge in [-0.25, -0.2) is 4.39 Å². The minimum atomic E-state index is -0.659. The van der Waals surface area contributed by atoms with Crippen LogP contribution in [0.15, 0.2) is 42.5 Å². The van der Waals surface area contributed by atoms with E-state index < -0.39 is 29.2 Å². The number of hydrogen-bond acceptors (Lipinski definition) is 6. The maximum Gasteiger partial charge on any atom is 0.326 e. The molecule has 9 heteroatoms. The van der Waals surface area contributed by atoms with Crippen molar-refractivity contribution in [3.8, 4) is 6.07 Å². The van der Waals surface area contributed by atoms with E-state index in [0.717, 1.165) is 17.0 Å². The molecule has 0 aliphatic carbocycles. The highest BCUT2D eigenvalue weighted by Crippen LogP contribution is 2.41. The average Bonchev–Trinajstić information content (AvgIpc) is 2.94. The van der Waals surface area contributed by atoms with Crippen LogP contribution in [0.2, 0.25) is 0 Å². The summed E-state index contributed by atoms with van der Waals surface area (Å²) in [5, 5.41) is 20.5. The summed E-state index contributed by atoms with van der Waals surface area (Å²) in [5.74, 6) is -1.92. The molecule has 0 spiro atoms. The van der Waals surface area contributed by atoms with Gasteiger partial charge in [0.05, 0.1) is 28.4 Å². The fraction of sp³-hybridized carbons (Fsp3) is 0.150. The molecule has 2 aromatic rings. The van der Waals surface area contributed by atoms with Crippen LogP contribution >= 0.6 is 0 Å². The second-order valence-corrected chi connectivity index (χ2v) is 6.02. The zero-order chi connectivity index (χ0) is 21.1. The Labute approximate surface area is 164 Å². The molecular weight excluding hydrogens is 381 g/mol. The normalized spacial score (nSPS) is 14.2. The lowest BCUT2D eigenvalue weighted by Gasteiger charge is -2.15. The van der Waals surface area contributed by atoms with E-state index in [1.807, 2.05) is 6.07 Å². The van der Waals surface area contributed by atoms with Gasteiger partial charge in [0, 0.05) is 17.7 Å². The number of amides is 1. The first-order valence-electron chi connectivity index (χ1n) is 8.54. The number of allylic oxidation sites excluding steroid dienone is 1. The fourth-order valence-electron chi connectivity index (χ4n) is 3.05. The summed E-state index contributed by atoms with van der Waals surface area (Å²) in [6.45, 7) is 1.36. The Balaban J connectivity index is 2.15. The van der Waals surface area contributed by atoms with E-state index in [2.05, 4.69) is 0 Å². The van der Waals surface area contributed by atoms with Crippen LogP contribution in [0.25, 0.3) is 11.1 Å². The lowest BCUT2D eigenvalue weighted by atomic mass is 9.96. The molecule has 0 saturated heterocycles. The molecule has 0 fully saturated rings. The number of nitro benzene ring substituents is 1. The van der Waals surface area contributed by atoms with Crippen LogP contribution in [0.5, 0.6) is 0 Å². The molecule has 1 heterocycles. The number of rotatable bonds is 5. The molecule has 0 N–H and O–H groups in total. The molecule has 0 saturated carbocycles. The van der Waals surface area contributed by atoms with Crippen molar-refractivity contribution in [3.05, 3.63) is 69.5 Å². The predicted octanol–water partition coefficient (Wildman–Crippen LogP) is 3.08. The molecule has 146 valence electrons. The van der Waals surface area contributed by atoms with Crippen molar-refractivity contribution in [2.75, 3.05) is 18.1 Å². The van der Waals surface area contributed by atoms with Gasteiger partial charge in [-0.1, -0.05) is 0 Å². The summed E-state index contributed by atoms with van der Waals surface area (Å²) in [5.41, 5.74) is 0.352. The Kier molecular flexibility index (Phi) is 5.36. The molecular formula is C20H14FN3O5. The summed E-state index contributed by atoms with van der Waals surface area (Å²) >= 11 is 0. The first-order valence-corrected chi connectivity index (χ1v) is 8.54. The van der Waals surface area contributed by atoms with Crippen LogP contribution in [0, 0.1) is 27.3 Å². The molecule has 1 aliphatic rings. The molecule has 1 amide bonds. The number of nitriles is 1. The highest BCUT2D eigenvalue weighted by molar-refractivity contribution is 6.39. The fourth-order valence-corrected chi connectivity index (χ4v) is 3.05. The van der Waals surface area contributed by atoms with Crippen LogP contribution < -0.4 is 4.90 Å². The Morgan fingerprint density at radius 1 is 1.28 bits per heavy atom. The lowest BCUT2D eigenvalue weighted by molar-refractivity contribution is -0.384. The summed E-state index contributed by atoms with van der Waals surface area (Å²) in [6, 6.07) is 10.6. The maximum absolute atomic E-state index is 13.9. The van der Waals surface area contributed by atoms with Gasteiger partial charge in [-0.2, -0.15) is 5.26 Å². The van der Waals surface area contributed by atoms with Crippen molar-refractivity contribution in [1.82, 2.24) is 0 Å². The van der Waals surface area contributed by atoms with E-state index in [0.29, 0.717) is 0 Å². The van der Waals surface area contributed by atoms with Gasteiger partial charge >= 0.3 is 5.97 Å². The largest absolute Gasteiger partial charge is 0.465 e. The Morgan fingerprint density at radius 3 is 2.55 bits per heavy atom. The van der Waals surface area contributed by atoms with Crippen LogP contribution in [-0.4, -0.2) is 30.0 Å². The highest BCUT2D eigenvalue weighted by Gasteiger charge is 2.36. The van der Waals surface area contributed by atoms with Gasteiger partial charge in [-0.05, 0) is 42.8 Å². The van der Waals surface area contributed by atoms with Gasteiger partial charge in [0.1, 0.15) is 18.4 Å². The molecule has 0 aromatic heterocycles. The minimum Gasteiger partial charge on any atom is -0.465 e. The number of ether oxygens (including phenoxy) is 1. The summed E-state index contributed by atoms with van der Waals surface area (Å²) in [4.78, 5) is 36.3. The van der Waals surface area contributed by atoms with Crippen molar-refractivity contribution < 1.29 is 23.6 Å². The van der Waals surface area contributed by atoms with Crippen molar-refractivity contribution in [2.24, 2.45) is 0 Å². The third-order valence-corrected chi connectivity index (χ3v) is 4.30. The SMILES string of the molecule is CCOC(=O)CN1C(=O)/C(=C(\C#N)c2ccc([N+](=O)[O-])cc2)c2cc(F)ccc21. The first-order chi connectivity index (χ1) is 13.9. The van der Waals surface area contributed by atoms with E-state index in [4.69, 9.17) is 4.74 Å². The molecule has 0 radical (unpaired) electrons. The molecule has 8 nitrogen and oxygen atoms in total. The third-order valence-electron chi connectivity index (χ3n) is 4.30. The van der Waals surface area contributed by atoms with E-state index in [1.54, 1.807) is 6.92 Å². The van der Waals surface area contributed by atoms with Gasteiger partial charge in [0.2, 0.25) is 0 Å². The first kappa shape index (κ1) is 19.7. The number of anilines is 1. The van der Waals surface area contributed by atoms with Crippen LogP contribution in [0.3, 0.4) is 0 Å². The molecule has 3 rings (SSSR count). The summed E-state index contributed by atoms with van der Waals surface area (Å²) in [7, 11) is 0. The number of halogens is 1. The number of nitro groups is 1. The topological polar surface area (TPSA) is 114 Å². The second kappa shape index (κ2) is 7.90. The number of nitrogens with zero attached hydrogens (tertiary/aromatic N) is 3. The Bertz CT molecular complexity index is 1090. The number of non-ortho nitro benzene ring substituents is 1. The monoisotopic (exact) mass is 395 g/mol. The number of benzene rings is 2. The van der Waals surface area contributed by atoms with Gasteiger partial charge < -0.3 is 4.74 Å². The summed E-state index contributed by atoms with van der Waals surface area (Å²) < 4.78 is 18.8. The standard InChI is InChI=1S/C20H14FN3O5/c1-2-29-18(25)11-23-17-8-5-13(21)9-15(17)19(20(23)26)16(10-22)12-3-6-14(7-4-12)24(27)28/h3-9H,2,11H2,1H3/b19-16+. The van der Waals surface area contributed by atoms with E-state index in [9.17, 15) is 29.4 Å². The van der Waals surface area contributed by atoms with Gasteiger partial charge in [-0.15, -0.1) is 0 Å². The molecule has 0 atom stereocenters. The molecule has 2 aromatic carbocycles. The van der Waals surface area contributed by atoms with Crippen molar-refractivity contribution in [2.45, 2.75) is 6.92 Å². The van der Waals surface area contributed by atoms with Crippen molar-refractivity contribution in [1.29, 1.82) is 5.26 Å². The molecule has 29 heavy (non-hydrogen) atoms. The number of esters is 1. The zero-order valence-corrected chi connectivity index (χ0v) is 15.2. The van der Waals surface area contributed by atoms with Crippen LogP contribution in [-0.2, 0) is 14.3 Å². The quantitative estimate of drug-likeness (QED) is 0.253. The van der Waals surface area contributed by atoms with Crippen molar-refractivity contribution >= 4 is 34.4 Å². The van der Waals surface area contributed by atoms with Gasteiger partial charge in [-0.3, -0.25) is 24.6 Å². The Morgan fingerprint density at radius 2 is 1.97 bits per heavy atom. The highest BCUT2D eigenvalue weighted by atomic mass is 19.1. The molecule has 0 unspecified atom stereocenters. The Hall–Kier alpha value is -4.06. The van der Waals surface area contributed by atoms with E-state index >= 15 is 0 Å². The third kappa shape index (κ3) is 3.68. The number of carbonyl (C=O) groups excluding carboxylic acids is 2. The van der Waals surface area contributed by atoms with Crippen LogP contribution in [0.1, 0.15) is 18.1 Å². The summed E-state index contributed by atoms with van der Waals surface area (Å²) in [6.07, 6.45) is 0.